The van der Waals surface area contributed by atoms with E-state index in [1.807, 2.05) is 6.07 Å². The highest BCUT2D eigenvalue weighted by Crippen LogP contribution is 2.33. The molecule has 0 atom stereocenters. The molecule has 2 N–H and O–H groups in total. The van der Waals surface area contributed by atoms with E-state index in [0.29, 0.717) is 11.3 Å². The van der Waals surface area contributed by atoms with Crippen LogP contribution < -0.4 is 5.73 Å². The molecule has 0 fully saturated rings. The molecule has 18 heavy (non-hydrogen) atoms. The Labute approximate surface area is 111 Å². The molecular weight excluding hydrogens is 240 g/mol. The van der Waals surface area contributed by atoms with E-state index in [0.717, 1.165) is 9.79 Å². The summed E-state index contributed by atoms with van der Waals surface area (Å²) in [4.78, 5) is 2.15. The van der Waals surface area contributed by atoms with Crippen molar-refractivity contribution in [1.29, 1.82) is 5.26 Å². The van der Waals surface area contributed by atoms with E-state index in [4.69, 9.17) is 11.0 Å². The lowest BCUT2D eigenvalue weighted by Crippen LogP contribution is -1.90. The van der Waals surface area contributed by atoms with Crippen molar-refractivity contribution in [1.82, 2.24) is 0 Å². The van der Waals surface area contributed by atoms with Crippen LogP contribution in [0.3, 0.4) is 0 Å². The molecule has 0 heterocycles. The van der Waals surface area contributed by atoms with Gasteiger partial charge in [-0.05, 0) is 55.3 Å². The molecule has 0 unspecified atom stereocenters. The van der Waals surface area contributed by atoms with Gasteiger partial charge in [0.05, 0.1) is 11.6 Å². The summed E-state index contributed by atoms with van der Waals surface area (Å²) >= 11 is 1.62. The quantitative estimate of drug-likeness (QED) is 0.827. The number of anilines is 1. The highest BCUT2D eigenvalue weighted by Gasteiger charge is 2.04. The molecule has 3 heteroatoms. The van der Waals surface area contributed by atoms with Crippen LogP contribution in [-0.2, 0) is 0 Å². The molecule has 0 aliphatic rings. The lowest BCUT2D eigenvalue weighted by atomic mass is 10.1. The Bertz CT molecular complexity index is 627. The van der Waals surface area contributed by atoms with Crippen molar-refractivity contribution in [2.24, 2.45) is 0 Å². The highest BCUT2D eigenvalue weighted by atomic mass is 32.2. The van der Waals surface area contributed by atoms with Gasteiger partial charge in [0.2, 0.25) is 0 Å². The largest absolute Gasteiger partial charge is 0.398 e. The van der Waals surface area contributed by atoms with Crippen LogP contribution in [0.5, 0.6) is 0 Å². The SMILES string of the molecule is Cc1ccc(Sc2ccc(C#N)cc2N)cc1C. The van der Waals surface area contributed by atoms with Crippen LogP contribution in [0.15, 0.2) is 46.2 Å². The number of aryl methyl sites for hydroxylation is 2. The second kappa shape index (κ2) is 5.16. The van der Waals surface area contributed by atoms with Crippen LogP contribution in [0.1, 0.15) is 16.7 Å². The Balaban J connectivity index is 2.29. The monoisotopic (exact) mass is 254 g/mol. The minimum atomic E-state index is 0.594. The molecule has 90 valence electrons. The maximum atomic E-state index is 8.80. The number of rotatable bonds is 2. The van der Waals surface area contributed by atoms with Crippen molar-refractivity contribution >= 4 is 17.4 Å². The summed E-state index contributed by atoms with van der Waals surface area (Å²) in [6.45, 7) is 4.20. The minimum absolute atomic E-state index is 0.594. The zero-order valence-corrected chi connectivity index (χ0v) is 11.2. The van der Waals surface area contributed by atoms with Crippen molar-refractivity contribution in [3.05, 3.63) is 53.1 Å². The topological polar surface area (TPSA) is 49.8 Å². The average Bonchev–Trinajstić information content (AvgIpc) is 2.36. The van der Waals surface area contributed by atoms with Gasteiger partial charge >= 0.3 is 0 Å². The number of nitrogens with zero attached hydrogens (tertiary/aromatic N) is 1. The smallest absolute Gasteiger partial charge is 0.0992 e. The van der Waals surface area contributed by atoms with E-state index in [1.54, 1.807) is 23.9 Å². The summed E-state index contributed by atoms with van der Waals surface area (Å²) in [6, 6.07) is 13.8. The molecule has 0 saturated heterocycles. The molecular formula is C15H14N2S. The normalized spacial score (nSPS) is 10.1. The van der Waals surface area contributed by atoms with Gasteiger partial charge in [-0.1, -0.05) is 17.8 Å². The summed E-state index contributed by atoms with van der Waals surface area (Å²) in [5, 5.41) is 8.80. The van der Waals surface area contributed by atoms with Crippen molar-refractivity contribution in [3.8, 4) is 6.07 Å². The van der Waals surface area contributed by atoms with Crippen LogP contribution in [-0.4, -0.2) is 0 Å². The number of nitrogen functional groups attached to an aromatic ring is 1. The first-order valence-electron chi connectivity index (χ1n) is 5.65. The maximum absolute atomic E-state index is 8.80. The molecule has 0 spiro atoms. The van der Waals surface area contributed by atoms with E-state index in [-0.39, 0.29) is 0 Å². The zero-order chi connectivity index (χ0) is 13.1. The fourth-order valence-corrected chi connectivity index (χ4v) is 2.55. The number of hydrogen-bond donors (Lipinski definition) is 1. The fourth-order valence-electron chi connectivity index (χ4n) is 1.62. The standard InChI is InChI=1S/C15H14N2S/c1-10-3-5-13(7-11(10)2)18-15-6-4-12(9-16)8-14(15)17/h3-8H,17H2,1-2H3. The molecule has 2 aromatic carbocycles. The maximum Gasteiger partial charge on any atom is 0.0992 e. The van der Waals surface area contributed by atoms with Crippen LogP contribution in [0.4, 0.5) is 5.69 Å². The minimum Gasteiger partial charge on any atom is -0.398 e. The van der Waals surface area contributed by atoms with Gasteiger partial charge in [0.15, 0.2) is 0 Å². The number of nitrogens with two attached hydrogens (primary N) is 1. The van der Waals surface area contributed by atoms with Crippen molar-refractivity contribution in [3.63, 3.8) is 0 Å². The van der Waals surface area contributed by atoms with Gasteiger partial charge in [0, 0.05) is 15.5 Å². The van der Waals surface area contributed by atoms with Crippen LogP contribution in [0.25, 0.3) is 0 Å². The first-order chi connectivity index (χ1) is 8.60. The number of nitriles is 1. The summed E-state index contributed by atoms with van der Waals surface area (Å²) in [5.41, 5.74) is 9.74. The second-order valence-corrected chi connectivity index (χ2v) is 5.33. The van der Waals surface area contributed by atoms with Gasteiger partial charge in [-0.2, -0.15) is 5.26 Å². The molecule has 0 aromatic heterocycles. The summed E-state index contributed by atoms with van der Waals surface area (Å²) in [7, 11) is 0. The Morgan fingerprint density at radius 1 is 1.06 bits per heavy atom. The summed E-state index contributed by atoms with van der Waals surface area (Å²) < 4.78 is 0. The number of hydrogen-bond acceptors (Lipinski definition) is 3. The lowest BCUT2D eigenvalue weighted by Gasteiger charge is -2.07. The van der Waals surface area contributed by atoms with Gasteiger partial charge in [-0.15, -0.1) is 0 Å². The number of benzene rings is 2. The van der Waals surface area contributed by atoms with Gasteiger partial charge in [0.25, 0.3) is 0 Å². The van der Waals surface area contributed by atoms with E-state index in [9.17, 15) is 0 Å². The summed E-state index contributed by atoms with van der Waals surface area (Å²) in [5.74, 6) is 0. The van der Waals surface area contributed by atoms with Crippen LogP contribution in [0, 0.1) is 25.2 Å². The van der Waals surface area contributed by atoms with E-state index < -0.39 is 0 Å². The molecule has 2 aromatic rings. The van der Waals surface area contributed by atoms with Gasteiger partial charge in [-0.25, -0.2) is 0 Å². The summed E-state index contributed by atoms with van der Waals surface area (Å²) in [6.07, 6.45) is 0. The lowest BCUT2D eigenvalue weighted by molar-refractivity contribution is 1.27. The molecule has 2 rings (SSSR count). The Morgan fingerprint density at radius 3 is 2.44 bits per heavy atom. The van der Waals surface area contributed by atoms with Crippen LogP contribution >= 0.6 is 11.8 Å². The molecule has 0 bridgehead atoms. The van der Waals surface area contributed by atoms with Gasteiger partial charge < -0.3 is 5.73 Å². The van der Waals surface area contributed by atoms with Gasteiger partial charge in [0.1, 0.15) is 0 Å². The Kier molecular flexibility index (Phi) is 3.59. The van der Waals surface area contributed by atoms with Crippen LogP contribution in [0.2, 0.25) is 0 Å². The highest BCUT2D eigenvalue weighted by molar-refractivity contribution is 7.99. The Hall–Kier alpha value is -1.92. The van der Waals surface area contributed by atoms with Crippen molar-refractivity contribution < 1.29 is 0 Å². The van der Waals surface area contributed by atoms with E-state index in [2.05, 4.69) is 38.1 Å². The van der Waals surface area contributed by atoms with Crippen molar-refractivity contribution in [2.45, 2.75) is 23.6 Å². The predicted molar refractivity (Wildman–Crippen MR) is 75.6 cm³/mol. The fraction of sp³-hybridized carbons (Fsp3) is 0.133. The molecule has 0 radical (unpaired) electrons. The molecule has 0 amide bonds. The third kappa shape index (κ3) is 2.66. The Morgan fingerprint density at radius 2 is 1.83 bits per heavy atom. The zero-order valence-electron chi connectivity index (χ0n) is 10.4. The average molecular weight is 254 g/mol. The third-order valence-electron chi connectivity index (χ3n) is 2.85. The molecule has 0 saturated carbocycles. The van der Waals surface area contributed by atoms with E-state index >= 15 is 0 Å². The second-order valence-electron chi connectivity index (χ2n) is 4.21. The van der Waals surface area contributed by atoms with Crippen molar-refractivity contribution in [2.75, 3.05) is 5.73 Å². The first kappa shape index (κ1) is 12.5. The molecule has 0 aliphatic carbocycles. The first-order valence-corrected chi connectivity index (χ1v) is 6.46. The van der Waals surface area contributed by atoms with E-state index in [1.165, 1.54) is 11.1 Å². The molecule has 0 aliphatic heterocycles. The van der Waals surface area contributed by atoms with Gasteiger partial charge in [-0.3, -0.25) is 0 Å². The third-order valence-corrected chi connectivity index (χ3v) is 3.93. The predicted octanol–water partition coefficient (Wildman–Crippen LogP) is 3.91. The molecule has 2 nitrogen and oxygen atoms in total.